The van der Waals surface area contributed by atoms with Crippen molar-refractivity contribution in [2.75, 3.05) is 10.6 Å². The molecule has 0 heterocycles. The van der Waals surface area contributed by atoms with Crippen LogP contribution in [0.5, 0.6) is 0 Å². The number of hydrogen-bond acceptors (Lipinski definition) is 3. The quantitative estimate of drug-likeness (QED) is 0.799. The van der Waals surface area contributed by atoms with Crippen molar-refractivity contribution < 1.29 is 9.59 Å². The van der Waals surface area contributed by atoms with E-state index in [-0.39, 0.29) is 17.7 Å². The Labute approximate surface area is 135 Å². The van der Waals surface area contributed by atoms with Crippen molar-refractivity contribution in [3.8, 4) is 0 Å². The molecule has 4 N–H and O–H groups in total. The molecule has 1 aromatic carbocycles. The molecular weight excluding hydrogens is 302 g/mol. The normalized spacial score (nSPS) is 24.6. The van der Waals surface area contributed by atoms with Crippen LogP contribution in [0, 0.1) is 5.92 Å². The Bertz CT molecular complexity index is 587. The average Bonchev–Trinajstić information content (AvgIpc) is 2.40. The highest BCUT2D eigenvalue weighted by molar-refractivity contribution is 6.34. The fourth-order valence-electron chi connectivity index (χ4n) is 2.91. The van der Waals surface area contributed by atoms with Gasteiger partial charge in [0.15, 0.2) is 0 Å². The maximum atomic E-state index is 12.5. The second-order valence-corrected chi connectivity index (χ2v) is 6.58. The molecular formula is C16H22ClN3O2. The first-order valence-electron chi connectivity index (χ1n) is 7.46. The molecule has 0 radical (unpaired) electrons. The van der Waals surface area contributed by atoms with Gasteiger partial charge in [-0.2, -0.15) is 0 Å². The summed E-state index contributed by atoms with van der Waals surface area (Å²) in [5.41, 5.74) is 6.90. The van der Waals surface area contributed by atoms with E-state index in [0.29, 0.717) is 16.4 Å². The van der Waals surface area contributed by atoms with Crippen molar-refractivity contribution in [2.45, 2.75) is 45.1 Å². The summed E-state index contributed by atoms with van der Waals surface area (Å²) in [6.07, 6.45) is 3.71. The maximum Gasteiger partial charge on any atom is 0.229 e. The Morgan fingerprint density at radius 1 is 1.32 bits per heavy atom. The lowest BCUT2D eigenvalue weighted by molar-refractivity contribution is -0.122. The second kappa shape index (κ2) is 6.67. The molecule has 0 spiro atoms. The van der Waals surface area contributed by atoms with Crippen LogP contribution in [-0.4, -0.2) is 17.4 Å². The molecule has 1 aromatic rings. The summed E-state index contributed by atoms with van der Waals surface area (Å²) in [4.78, 5) is 23.5. The zero-order chi connectivity index (χ0) is 16.3. The Balaban J connectivity index is 2.10. The van der Waals surface area contributed by atoms with Gasteiger partial charge in [-0.3, -0.25) is 9.59 Å². The zero-order valence-electron chi connectivity index (χ0n) is 12.9. The number of anilines is 2. The van der Waals surface area contributed by atoms with Crippen molar-refractivity contribution >= 4 is 34.8 Å². The molecule has 0 bridgehead atoms. The van der Waals surface area contributed by atoms with Crippen molar-refractivity contribution in [1.82, 2.24) is 0 Å². The van der Waals surface area contributed by atoms with Gasteiger partial charge in [0.2, 0.25) is 11.8 Å². The maximum absolute atomic E-state index is 12.5. The number of amides is 2. The number of benzene rings is 1. The molecule has 2 amide bonds. The Kier molecular flexibility index (Phi) is 5.08. The number of hydrogen-bond donors (Lipinski definition) is 3. The summed E-state index contributed by atoms with van der Waals surface area (Å²) in [6, 6.07) is 4.99. The van der Waals surface area contributed by atoms with Crippen LogP contribution in [0.3, 0.4) is 0 Å². The van der Waals surface area contributed by atoms with Gasteiger partial charge in [-0.25, -0.2) is 0 Å². The number of carbonyl (C=O) groups excluding carboxylic acids is 2. The molecule has 0 aliphatic heterocycles. The minimum Gasteiger partial charge on any atom is -0.326 e. The van der Waals surface area contributed by atoms with Crippen molar-refractivity contribution in [3.63, 3.8) is 0 Å². The van der Waals surface area contributed by atoms with Gasteiger partial charge in [0.1, 0.15) is 0 Å². The number of carbonyl (C=O) groups is 2. The van der Waals surface area contributed by atoms with E-state index in [9.17, 15) is 9.59 Å². The largest absolute Gasteiger partial charge is 0.326 e. The lowest BCUT2D eigenvalue weighted by Gasteiger charge is -2.37. The van der Waals surface area contributed by atoms with Crippen LogP contribution >= 0.6 is 11.6 Å². The Hall–Kier alpha value is -1.59. The summed E-state index contributed by atoms with van der Waals surface area (Å²) in [5.74, 6) is -0.486. The minimum absolute atomic E-state index is 0.0983. The molecule has 1 fully saturated rings. The smallest absolute Gasteiger partial charge is 0.229 e. The van der Waals surface area contributed by atoms with E-state index >= 15 is 0 Å². The van der Waals surface area contributed by atoms with Gasteiger partial charge in [-0.1, -0.05) is 24.4 Å². The number of rotatable bonds is 3. The average molecular weight is 324 g/mol. The standard InChI is InChI=1S/C16H22ClN3O2/c1-10(21)19-11-6-7-14(13(17)9-11)20-15(22)12-5-3-4-8-16(12,2)18/h6-7,9,12H,3-5,8,18H2,1-2H3,(H,19,21)(H,20,22). The molecule has 6 heteroatoms. The van der Waals surface area contributed by atoms with Crippen LogP contribution in [-0.2, 0) is 9.59 Å². The predicted octanol–water partition coefficient (Wildman–Crippen LogP) is 3.14. The first-order valence-corrected chi connectivity index (χ1v) is 7.84. The van der Waals surface area contributed by atoms with Crippen molar-refractivity contribution in [3.05, 3.63) is 23.2 Å². The third-order valence-corrected chi connectivity index (χ3v) is 4.43. The number of nitrogens with two attached hydrogens (primary N) is 1. The summed E-state index contributed by atoms with van der Waals surface area (Å²) >= 11 is 6.17. The molecule has 2 atom stereocenters. The van der Waals surface area contributed by atoms with E-state index in [4.69, 9.17) is 17.3 Å². The molecule has 1 aliphatic rings. The van der Waals surface area contributed by atoms with Crippen LogP contribution in [0.4, 0.5) is 11.4 Å². The SMILES string of the molecule is CC(=O)Nc1ccc(NC(=O)C2CCCCC2(C)N)c(Cl)c1. The highest BCUT2D eigenvalue weighted by atomic mass is 35.5. The Morgan fingerprint density at radius 3 is 2.64 bits per heavy atom. The van der Waals surface area contributed by atoms with Crippen LogP contribution in [0.2, 0.25) is 5.02 Å². The molecule has 22 heavy (non-hydrogen) atoms. The lowest BCUT2D eigenvalue weighted by Crippen LogP contribution is -2.51. The monoisotopic (exact) mass is 323 g/mol. The van der Waals surface area contributed by atoms with Gasteiger partial charge >= 0.3 is 0 Å². The highest BCUT2D eigenvalue weighted by Gasteiger charge is 2.37. The molecule has 120 valence electrons. The molecule has 2 rings (SSSR count). The highest BCUT2D eigenvalue weighted by Crippen LogP contribution is 2.33. The number of nitrogens with one attached hydrogen (secondary N) is 2. The van der Waals surface area contributed by atoms with Crippen LogP contribution in [0.1, 0.15) is 39.5 Å². The molecule has 5 nitrogen and oxygen atoms in total. The topological polar surface area (TPSA) is 84.2 Å². The van der Waals surface area contributed by atoms with Gasteiger partial charge in [-0.15, -0.1) is 0 Å². The van der Waals surface area contributed by atoms with E-state index in [1.54, 1.807) is 18.2 Å². The second-order valence-electron chi connectivity index (χ2n) is 6.17. The first kappa shape index (κ1) is 16.8. The van der Waals surface area contributed by atoms with E-state index in [1.165, 1.54) is 6.92 Å². The first-order chi connectivity index (χ1) is 10.3. The molecule has 0 aromatic heterocycles. The van der Waals surface area contributed by atoms with Gasteiger partial charge in [0.25, 0.3) is 0 Å². The van der Waals surface area contributed by atoms with Crippen molar-refractivity contribution in [1.29, 1.82) is 0 Å². The van der Waals surface area contributed by atoms with E-state index in [1.807, 2.05) is 6.92 Å². The van der Waals surface area contributed by atoms with Crippen LogP contribution < -0.4 is 16.4 Å². The molecule has 1 aliphatic carbocycles. The lowest BCUT2D eigenvalue weighted by atomic mass is 9.74. The zero-order valence-corrected chi connectivity index (χ0v) is 13.7. The van der Waals surface area contributed by atoms with Gasteiger partial charge in [0.05, 0.1) is 16.6 Å². The van der Waals surface area contributed by atoms with Crippen molar-refractivity contribution in [2.24, 2.45) is 11.7 Å². The van der Waals surface area contributed by atoms with E-state index in [2.05, 4.69) is 10.6 Å². The van der Waals surface area contributed by atoms with Gasteiger partial charge < -0.3 is 16.4 Å². The predicted molar refractivity (Wildman–Crippen MR) is 88.9 cm³/mol. The third kappa shape index (κ3) is 3.99. The summed E-state index contributed by atoms with van der Waals surface area (Å²) in [5, 5.41) is 5.88. The van der Waals surface area contributed by atoms with Crippen LogP contribution in [0.15, 0.2) is 18.2 Å². The molecule has 0 saturated heterocycles. The molecule has 2 unspecified atom stereocenters. The van der Waals surface area contributed by atoms with Crippen LogP contribution in [0.25, 0.3) is 0 Å². The van der Waals surface area contributed by atoms with Gasteiger partial charge in [0, 0.05) is 18.2 Å². The fourth-order valence-corrected chi connectivity index (χ4v) is 3.13. The fraction of sp³-hybridized carbons (Fsp3) is 0.500. The van der Waals surface area contributed by atoms with Gasteiger partial charge in [-0.05, 0) is 38.0 Å². The summed E-state index contributed by atoms with van der Waals surface area (Å²) in [6.45, 7) is 3.35. The van der Waals surface area contributed by atoms with E-state index in [0.717, 1.165) is 25.7 Å². The Morgan fingerprint density at radius 2 is 2.05 bits per heavy atom. The summed E-state index contributed by atoms with van der Waals surface area (Å²) in [7, 11) is 0. The summed E-state index contributed by atoms with van der Waals surface area (Å²) < 4.78 is 0. The molecule has 1 saturated carbocycles. The minimum atomic E-state index is -0.481. The van der Waals surface area contributed by atoms with E-state index < -0.39 is 5.54 Å². The number of halogens is 1. The third-order valence-electron chi connectivity index (χ3n) is 4.12.